The lowest BCUT2D eigenvalue weighted by Crippen LogP contribution is -2.11. The van der Waals surface area contributed by atoms with E-state index in [4.69, 9.17) is 0 Å². The SMILES string of the molecule is CCc1cnn(-c2cccc(C(C)(C)C)c2)c1. The van der Waals surface area contributed by atoms with E-state index in [1.165, 1.54) is 11.1 Å². The van der Waals surface area contributed by atoms with Gasteiger partial charge in [-0.2, -0.15) is 5.10 Å². The maximum Gasteiger partial charge on any atom is 0.0648 e. The molecule has 1 heterocycles. The molecular weight excluding hydrogens is 208 g/mol. The number of hydrogen-bond acceptors (Lipinski definition) is 1. The highest BCUT2D eigenvalue weighted by molar-refractivity contribution is 5.38. The fourth-order valence-electron chi connectivity index (χ4n) is 1.80. The number of aromatic nitrogens is 2. The topological polar surface area (TPSA) is 17.8 Å². The van der Waals surface area contributed by atoms with Crippen molar-refractivity contribution in [1.82, 2.24) is 9.78 Å². The first-order chi connectivity index (χ1) is 8.00. The zero-order chi connectivity index (χ0) is 12.5. The third kappa shape index (κ3) is 2.57. The van der Waals surface area contributed by atoms with E-state index in [2.05, 4.69) is 63.3 Å². The molecule has 0 saturated heterocycles. The molecule has 2 aromatic rings. The van der Waals surface area contributed by atoms with Crippen LogP contribution in [-0.2, 0) is 11.8 Å². The lowest BCUT2D eigenvalue weighted by molar-refractivity contribution is 0.589. The maximum atomic E-state index is 4.40. The van der Waals surface area contributed by atoms with Crippen LogP contribution in [0.4, 0.5) is 0 Å². The second kappa shape index (κ2) is 4.36. The molecule has 1 aromatic heterocycles. The molecule has 17 heavy (non-hydrogen) atoms. The summed E-state index contributed by atoms with van der Waals surface area (Å²) in [7, 11) is 0. The Balaban J connectivity index is 2.39. The van der Waals surface area contributed by atoms with E-state index in [1.54, 1.807) is 0 Å². The fraction of sp³-hybridized carbons (Fsp3) is 0.400. The number of nitrogens with zero attached hydrogens (tertiary/aromatic N) is 2. The van der Waals surface area contributed by atoms with Crippen molar-refractivity contribution in [3.8, 4) is 5.69 Å². The number of rotatable bonds is 2. The second-order valence-corrected chi connectivity index (χ2v) is 5.45. The summed E-state index contributed by atoms with van der Waals surface area (Å²) in [5.74, 6) is 0. The first kappa shape index (κ1) is 11.9. The summed E-state index contributed by atoms with van der Waals surface area (Å²) >= 11 is 0. The molecule has 0 aliphatic carbocycles. The Kier molecular flexibility index (Phi) is 3.05. The molecule has 90 valence electrons. The van der Waals surface area contributed by atoms with Crippen molar-refractivity contribution in [2.45, 2.75) is 39.5 Å². The molecule has 0 fully saturated rings. The van der Waals surface area contributed by atoms with Crippen molar-refractivity contribution in [3.63, 3.8) is 0 Å². The first-order valence-electron chi connectivity index (χ1n) is 6.15. The highest BCUT2D eigenvalue weighted by Gasteiger charge is 2.14. The Labute approximate surface area is 103 Å². The summed E-state index contributed by atoms with van der Waals surface area (Å²) in [6.07, 6.45) is 5.06. The van der Waals surface area contributed by atoms with Gasteiger partial charge in [0.2, 0.25) is 0 Å². The van der Waals surface area contributed by atoms with Crippen LogP contribution in [0.5, 0.6) is 0 Å². The highest BCUT2D eigenvalue weighted by Crippen LogP contribution is 2.24. The first-order valence-corrected chi connectivity index (χ1v) is 6.15. The van der Waals surface area contributed by atoms with Crippen LogP contribution < -0.4 is 0 Å². The van der Waals surface area contributed by atoms with E-state index < -0.39 is 0 Å². The van der Waals surface area contributed by atoms with Crippen LogP contribution in [0.1, 0.15) is 38.8 Å². The number of benzene rings is 1. The minimum atomic E-state index is 0.177. The molecule has 2 nitrogen and oxygen atoms in total. The van der Waals surface area contributed by atoms with Gasteiger partial charge >= 0.3 is 0 Å². The van der Waals surface area contributed by atoms with Crippen molar-refractivity contribution in [2.75, 3.05) is 0 Å². The summed E-state index contributed by atoms with van der Waals surface area (Å²) in [4.78, 5) is 0. The van der Waals surface area contributed by atoms with Crippen LogP contribution in [0.25, 0.3) is 5.69 Å². The number of hydrogen-bond donors (Lipinski definition) is 0. The molecule has 0 unspecified atom stereocenters. The summed E-state index contributed by atoms with van der Waals surface area (Å²) in [5, 5.41) is 4.40. The summed E-state index contributed by atoms with van der Waals surface area (Å²) in [5.41, 5.74) is 3.92. The van der Waals surface area contributed by atoms with Gasteiger partial charge < -0.3 is 0 Å². The van der Waals surface area contributed by atoms with E-state index in [-0.39, 0.29) is 5.41 Å². The summed E-state index contributed by atoms with van der Waals surface area (Å²) in [6, 6.07) is 8.59. The van der Waals surface area contributed by atoms with Crippen LogP contribution in [-0.4, -0.2) is 9.78 Å². The van der Waals surface area contributed by atoms with Crippen LogP contribution in [0.3, 0.4) is 0 Å². The van der Waals surface area contributed by atoms with E-state index in [0.717, 1.165) is 12.1 Å². The van der Waals surface area contributed by atoms with E-state index in [0.29, 0.717) is 0 Å². The molecule has 0 bridgehead atoms. The van der Waals surface area contributed by atoms with Crippen LogP contribution in [0, 0.1) is 0 Å². The zero-order valence-corrected chi connectivity index (χ0v) is 11.1. The predicted octanol–water partition coefficient (Wildman–Crippen LogP) is 3.73. The standard InChI is InChI=1S/C15H20N2/c1-5-12-10-16-17(11-12)14-8-6-7-13(9-14)15(2,3)4/h6-11H,5H2,1-4H3. The molecule has 0 aliphatic rings. The Morgan fingerprint density at radius 1 is 1.24 bits per heavy atom. The molecule has 1 aromatic carbocycles. The molecule has 0 N–H and O–H groups in total. The maximum absolute atomic E-state index is 4.40. The Morgan fingerprint density at radius 3 is 2.59 bits per heavy atom. The molecule has 0 amide bonds. The predicted molar refractivity (Wildman–Crippen MR) is 71.6 cm³/mol. The Morgan fingerprint density at radius 2 is 2.00 bits per heavy atom. The lowest BCUT2D eigenvalue weighted by Gasteiger charge is -2.19. The minimum Gasteiger partial charge on any atom is -0.241 e. The lowest BCUT2D eigenvalue weighted by atomic mass is 9.87. The highest BCUT2D eigenvalue weighted by atomic mass is 15.3. The van der Waals surface area contributed by atoms with Crippen molar-refractivity contribution >= 4 is 0 Å². The fourth-order valence-corrected chi connectivity index (χ4v) is 1.80. The van der Waals surface area contributed by atoms with Crippen molar-refractivity contribution in [2.24, 2.45) is 0 Å². The normalized spacial score (nSPS) is 11.8. The Hall–Kier alpha value is -1.57. The van der Waals surface area contributed by atoms with Gasteiger partial charge in [0.25, 0.3) is 0 Å². The molecule has 0 atom stereocenters. The van der Waals surface area contributed by atoms with Gasteiger partial charge in [-0.3, -0.25) is 0 Å². The smallest absolute Gasteiger partial charge is 0.0648 e. The third-order valence-electron chi connectivity index (χ3n) is 3.02. The quantitative estimate of drug-likeness (QED) is 0.765. The molecule has 0 spiro atoms. The average Bonchev–Trinajstić information content (AvgIpc) is 2.76. The van der Waals surface area contributed by atoms with Gasteiger partial charge in [-0.05, 0) is 35.1 Å². The van der Waals surface area contributed by atoms with Crippen molar-refractivity contribution in [3.05, 3.63) is 47.8 Å². The van der Waals surface area contributed by atoms with Gasteiger partial charge in [-0.1, -0.05) is 39.8 Å². The molecule has 2 heteroatoms. The van der Waals surface area contributed by atoms with E-state index in [1.807, 2.05) is 10.9 Å². The van der Waals surface area contributed by atoms with Gasteiger partial charge in [-0.15, -0.1) is 0 Å². The van der Waals surface area contributed by atoms with Gasteiger partial charge in [-0.25, -0.2) is 4.68 Å². The average molecular weight is 228 g/mol. The van der Waals surface area contributed by atoms with E-state index in [9.17, 15) is 0 Å². The minimum absolute atomic E-state index is 0.177. The largest absolute Gasteiger partial charge is 0.241 e. The van der Waals surface area contributed by atoms with Crippen molar-refractivity contribution in [1.29, 1.82) is 0 Å². The van der Waals surface area contributed by atoms with Gasteiger partial charge in [0.1, 0.15) is 0 Å². The van der Waals surface area contributed by atoms with Gasteiger partial charge in [0, 0.05) is 6.20 Å². The second-order valence-electron chi connectivity index (χ2n) is 5.45. The van der Waals surface area contributed by atoms with Crippen molar-refractivity contribution < 1.29 is 0 Å². The zero-order valence-electron chi connectivity index (χ0n) is 11.1. The van der Waals surface area contributed by atoms with Gasteiger partial charge in [0.15, 0.2) is 0 Å². The summed E-state index contributed by atoms with van der Waals surface area (Å²) in [6.45, 7) is 8.83. The Bertz CT molecular complexity index is 504. The van der Waals surface area contributed by atoms with Crippen LogP contribution in [0.2, 0.25) is 0 Å². The molecule has 0 aliphatic heterocycles. The molecular formula is C15H20N2. The van der Waals surface area contributed by atoms with Gasteiger partial charge in [0.05, 0.1) is 11.9 Å². The molecule has 2 rings (SSSR count). The monoisotopic (exact) mass is 228 g/mol. The number of aryl methyl sites for hydroxylation is 1. The van der Waals surface area contributed by atoms with Crippen LogP contribution >= 0.6 is 0 Å². The molecule has 0 radical (unpaired) electrons. The van der Waals surface area contributed by atoms with Crippen LogP contribution in [0.15, 0.2) is 36.7 Å². The molecule has 0 saturated carbocycles. The summed E-state index contributed by atoms with van der Waals surface area (Å²) < 4.78 is 1.95. The van der Waals surface area contributed by atoms with E-state index >= 15 is 0 Å². The third-order valence-corrected chi connectivity index (χ3v) is 3.02.